The molecule has 3 rings (SSSR count). The van der Waals surface area contributed by atoms with Crippen molar-refractivity contribution in [2.75, 3.05) is 26.9 Å². The van der Waals surface area contributed by atoms with Crippen molar-refractivity contribution >= 4 is 5.91 Å². The standard InChI is InChI=1S/C19H20FNO4/c1-23-16-7-4-14(18-11-21-19(22)12-25-18)10-17(16)24-9-8-13-2-5-15(20)6-3-13/h2-7,10,18H,8-9,11-12H2,1H3,(H,21,22). The van der Waals surface area contributed by atoms with E-state index in [1.165, 1.54) is 12.1 Å². The highest BCUT2D eigenvalue weighted by molar-refractivity contribution is 5.77. The number of carbonyl (C=O) groups is 1. The highest BCUT2D eigenvalue weighted by atomic mass is 19.1. The molecule has 1 N–H and O–H groups in total. The van der Waals surface area contributed by atoms with Gasteiger partial charge in [0.1, 0.15) is 18.5 Å². The number of hydrogen-bond acceptors (Lipinski definition) is 4. The first kappa shape index (κ1) is 17.2. The molecule has 2 aromatic carbocycles. The first-order chi connectivity index (χ1) is 12.2. The molecule has 1 amide bonds. The Morgan fingerprint density at radius 1 is 1.20 bits per heavy atom. The number of benzene rings is 2. The van der Waals surface area contributed by atoms with Gasteiger partial charge in [-0.3, -0.25) is 4.79 Å². The SMILES string of the molecule is COc1ccc(C2CNC(=O)CO2)cc1OCCc1ccc(F)cc1. The summed E-state index contributed by atoms with van der Waals surface area (Å²) in [5, 5.41) is 2.78. The zero-order valence-electron chi connectivity index (χ0n) is 14.0. The molecule has 25 heavy (non-hydrogen) atoms. The van der Waals surface area contributed by atoms with E-state index in [1.807, 2.05) is 18.2 Å². The largest absolute Gasteiger partial charge is 0.493 e. The van der Waals surface area contributed by atoms with Crippen LogP contribution < -0.4 is 14.8 Å². The molecule has 132 valence electrons. The molecular formula is C19H20FNO4. The van der Waals surface area contributed by atoms with E-state index >= 15 is 0 Å². The average molecular weight is 345 g/mol. The van der Waals surface area contributed by atoms with Crippen LogP contribution in [0.4, 0.5) is 4.39 Å². The minimum atomic E-state index is -0.251. The van der Waals surface area contributed by atoms with Crippen molar-refractivity contribution in [3.05, 3.63) is 59.4 Å². The number of methoxy groups -OCH3 is 1. The van der Waals surface area contributed by atoms with E-state index in [1.54, 1.807) is 19.2 Å². The van der Waals surface area contributed by atoms with E-state index in [0.717, 1.165) is 11.1 Å². The molecule has 1 fully saturated rings. The van der Waals surface area contributed by atoms with Crippen molar-refractivity contribution in [2.45, 2.75) is 12.5 Å². The van der Waals surface area contributed by atoms with E-state index in [0.29, 0.717) is 31.1 Å². The number of hydrogen-bond donors (Lipinski definition) is 1. The highest BCUT2D eigenvalue weighted by Crippen LogP contribution is 2.32. The van der Waals surface area contributed by atoms with Gasteiger partial charge in [-0.1, -0.05) is 18.2 Å². The molecular weight excluding hydrogens is 325 g/mol. The van der Waals surface area contributed by atoms with Gasteiger partial charge in [0, 0.05) is 13.0 Å². The lowest BCUT2D eigenvalue weighted by atomic mass is 10.1. The zero-order chi connectivity index (χ0) is 17.6. The molecule has 1 unspecified atom stereocenters. The van der Waals surface area contributed by atoms with Crippen LogP contribution in [0.1, 0.15) is 17.2 Å². The van der Waals surface area contributed by atoms with Crippen molar-refractivity contribution in [3.8, 4) is 11.5 Å². The van der Waals surface area contributed by atoms with Crippen LogP contribution in [0, 0.1) is 5.82 Å². The topological polar surface area (TPSA) is 56.8 Å². The molecule has 5 nitrogen and oxygen atoms in total. The summed E-state index contributed by atoms with van der Waals surface area (Å²) in [7, 11) is 1.58. The van der Waals surface area contributed by atoms with Crippen molar-refractivity contribution < 1.29 is 23.4 Å². The Kier molecular flexibility index (Phi) is 5.50. The van der Waals surface area contributed by atoms with Crippen molar-refractivity contribution in [3.63, 3.8) is 0 Å². The number of morpholine rings is 1. The molecule has 1 heterocycles. The fourth-order valence-corrected chi connectivity index (χ4v) is 2.64. The Morgan fingerprint density at radius 2 is 2.00 bits per heavy atom. The number of amides is 1. The third-order valence-electron chi connectivity index (χ3n) is 4.02. The summed E-state index contributed by atoms with van der Waals surface area (Å²) in [4.78, 5) is 11.2. The summed E-state index contributed by atoms with van der Waals surface area (Å²) in [6, 6.07) is 11.9. The van der Waals surface area contributed by atoms with E-state index in [2.05, 4.69) is 5.32 Å². The van der Waals surface area contributed by atoms with Crippen molar-refractivity contribution in [1.29, 1.82) is 0 Å². The van der Waals surface area contributed by atoms with Gasteiger partial charge in [-0.05, 0) is 35.4 Å². The lowest BCUT2D eigenvalue weighted by Crippen LogP contribution is -2.38. The summed E-state index contributed by atoms with van der Waals surface area (Å²) in [6.45, 7) is 0.922. The minimum Gasteiger partial charge on any atom is -0.493 e. The number of rotatable bonds is 6. The van der Waals surface area contributed by atoms with Gasteiger partial charge in [-0.15, -0.1) is 0 Å². The summed E-state index contributed by atoms with van der Waals surface area (Å²) in [5.74, 6) is 0.879. The Labute approximate surface area is 145 Å². The minimum absolute atomic E-state index is 0.0530. The molecule has 1 aliphatic rings. The fourth-order valence-electron chi connectivity index (χ4n) is 2.64. The fraction of sp³-hybridized carbons (Fsp3) is 0.316. The van der Waals surface area contributed by atoms with Crippen LogP contribution in [0.25, 0.3) is 0 Å². The molecule has 0 aliphatic carbocycles. The van der Waals surface area contributed by atoms with Crippen LogP contribution in [0.3, 0.4) is 0 Å². The second kappa shape index (κ2) is 7.98. The van der Waals surface area contributed by atoms with Gasteiger partial charge in [0.2, 0.25) is 5.91 Å². The maximum atomic E-state index is 12.9. The second-order valence-corrected chi connectivity index (χ2v) is 5.74. The molecule has 0 aromatic heterocycles. The molecule has 1 saturated heterocycles. The summed E-state index contributed by atoms with van der Waals surface area (Å²) < 4.78 is 29.7. The Morgan fingerprint density at radius 3 is 2.68 bits per heavy atom. The van der Waals surface area contributed by atoms with Crippen LogP contribution in [-0.2, 0) is 16.0 Å². The van der Waals surface area contributed by atoms with E-state index < -0.39 is 0 Å². The van der Waals surface area contributed by atoms with Crippen LogP contribution in [0.2, 0.25) is 0 Å². The molecule has 0 bridgehead atoms. The van der Waals surface area contributed by atoms with E-state index in [-0.39, 0.29) is 24.4 Å². The predicted molar refractivity (Wildman–Crippen MR) is 90.3 cm³/mol. The average Bonchev–Trinajstić information content (AvgIpc) is 2.64. The normalized spacial score (nSPS) is 17.0. The summed E-state index contributed by atoms with van der Waals surface area (Å²) in [6.07, 6.45) is 0.451. The molecule has 1 aliphatic heterocycles. The monoisotopic (exact) mass is 345 g/mol. The van der Waals surface area contributed by atoms with Gasteiger partial charge in [0.05, 0.1) is 13.7 Å². The molecule has 6 heteroatoms. The maximum Gasteiger partial charge on any atom is 0.246 e. The van der Waals surface area contributed by atoms with Gasteiger partial charge < -0.3 is 19.5 Å². The van der Waals surface area contributed by atoms with Crippen LogP contribution in [0.15, 0.2) is 42.5 Å². The quantitative estimate of drug-likeness (QED) is 0.874. The third-order valence-corrected chi connectivity index (χ3v) is 4.02. The van der Waals surface area contributed by atoms with Gasteiger partial charge in [0.15, 0.2) is 11.5 Å². The number of ether oxygens (including phenoxy) is 3. The van der Waals surface area contributed by atoms with Crippen LogP contribution in [-0.4, -0.2) is 32.8 Å². The zero-order valence-corrected chi connectivity index (χ0v) is 14.0. The highest BCUT2D eigenvalue weighted by Gasteiger charge is 2.21. The first-order valence-electron chi connectivity index (χ1n) is 8.09. The molecule has 0 saturated carbocycles. The van der Waals surface area contributed by atoms with Crippen LogP contribution in [0.5, 0.6) is 11.5 Å². The van der Waals surface area contributed by atoms with Gasteiger partial charge >= 0.3 is 0 Å². The molecule has 0 radical (unpaired) electrons. The number of nitrogens with one attached hydrogen (secondary N) is 1. The lowest BCUT2D eigenvalue weighted by Gasteiger charge is -2.24. The Bertz CT molecular complexity index is 723. The Balaban J connectivity index is 1.65. The lowest BCUT2D eigenvalue weighted by molar-refractivity contribution is -0.133. The van der Waals surface area contributed by atoms with Crippen LogP contribution >= 0.6 is 0 Å². The number of halogens is 1. The predicted octanol–water partition coefficient (Wildman–Crippen LogP) is 2.64. The maximum absolute atomic E-state index is 12.9. The van der Waals surface area contributed by atoms with Gasteiger partial charge in [-0.25, -0.2) is 4.39 Å². The van der Waals surface area contributed by atoms with E-state index in [4.69, 9.17) is 14.2 Å². The second-order valence-electron chi connectivity index (χ2n) is 5.74. The van der Waals surface area contributed by atoms with E-state index in [9.17, 15) is 9.18 Å². The summed E-state index contributed by atoms with van der Waals surface area (Å²) >= 11 is 0. The molecule has 0 spiro atoms. The number of carbonyl (C=O) groups excluding carboxylic acids is 1. The summed E-state index contributed by atoms with van der Waals surface area (Å²) in [5.41, 5.74) is 1.91. The molecule has 1 atom stereocenters. The van der Waals surface area contributed by atoms with Gasteiger partial charge in [0.25, 0.3) is 0 Å². The van der Waals surface area contributed by atoms with Crippen molar-refractivity contribution in [2.24, 2.45) is 0 Å². The smallest absolute Gasteiger partial charge is 0.246 e. The molecule has 2 aromatic rings. The van der Waals surface area contributed by atoms with Crippen molar-refractivity contribution in [1.82, 2.24) is 5.32 Å². The third kappa shape index (κ3) is 4.48. The van der Waals surface area contributed by atoms with Gasteiger partial charge in [-0.2, -0.15) is 0 Å². The Hall–Kier alpha value is -2.60. The first-order valence-corrected chi connectivity index (χ1v) is 8.09.